The van der Waals surface area contributed by atoms with Gasteiger partial charge in [-0.25, -0.2) is 9.07 Å². The zero-order valence-electron chi connectivity index (χ0n) is 12.0. The fourth-order valence-electron chi connectivity index (χ4n) is 2.50. The molecule has 0 saturated heterocycles. The predicted octanol–water partition coefficient (Wildman–Crippen LogP) is 3.88. The van der Waals surface area contributed by atoms with Crippen molar-refractivity contribution in [2.75, 3.05) is 5.73 Å². The van der Waals surface area contributed by atoms with Gasteiger partial charge in [0, 0.05) is 5.56 Å². The number of benzene rings is 2. The number of nitrogens with zero attached hydrogens (tertiary/aromatic N) is 2. The van der Waals surface area contributed by atoms with Gasteiger partial charge < -0.3 is 5.73 Å². The average Bonchev–Trinajstić information content (AvgIpc) is 2.76. The average molecular weight is 281 g/mol. The van der Waals surface area contributed by atoms with Crippen LogP contribution in [0.2, 0.25) is 0 Å². The molecular formula is C17H16FN3. The molecule has 3 rings (SSSR count). The van der Waals surface area contributed by atoms with Crippen molar-refractivity contribution in [3.63, 3.8) is 0 Å². The molecule has 0 saturated carbocycles. The van der Waals surface area contributed by atoms with E-state index in [-0.39, 0.29) is 5.82 Å². The highest BCUT2D eigenvalue weighted by molar-refractivity contribution is 5.77. The maximum absolute atomic E-state index is 13.1. The Morgan fingerprint density at radius 3 is 2.33 bits per heavy atom. The highest BCUT2D eigenvalue weighted by Gasteiger charge is 2.16. The van der Waals surface area contributed by atoms with Gasteiger partial charge in [0.05, 0.1) is 11.4 Å². The maximum Gasteiger partial charge on any atom is 0.135 e. The minimum absolute atomic E-state index is 0.263. The third kappa shape index (κ3) is 2.29. The van der Waals surface area contributed by atoms with E-state index in [0.29, 0.717) is 5.82 Å². The highest BCUT2D eigenvalue weighted by Crippen LogP contribution is 2.31. The number of rotatable bonds is 2. The van der Waals surface area contributed by atoms with Gasteiger partial charge in [0.15, 0.2) is 0 Å². The van der Waals surface area contributed by atoms with Gasteiger partial charge in [0.25, 0.3) is 0 Å². The third-order valence-electron chi connectivity index (χ3n) is 3.57. The Balaban J connectivity index is 2.17. The molecule has 0 spiro atoms. The fourth-order valence-corrected chi connectivity index (χ4v) is 2.50. The second kappa shape index (κ2) is 5.05. The first kappa shape index (κ1) is 13.4. The number of hydrogen-bond donors (Lipinski definition) is 1. The van der Waals surface area contributed by atoms with Crippen LogP contribution in [0.4, 0.5) is 10.2 Å². The lowest BCUT2D eigenvalue weighted by molar-refractivity contribution is 0.628. The van der Waals surface area contributed by atoms with Crippen molar-refractivity contribution in [2.45, 2.75) is 13.8 Å². The number of hydrogen-bond acceptors (Lipinski definition) is 2. The Labute approximate surface area is 122 Å². The number of nitrogens with two attached hydrogens (primary N) is 1. The second-order valence-corrected chi connectivity index (χ2v) is 5.05. The van der Waals surface area contributed by atoms with Crippen molar-refractivity contribution in [3.8, 4) is 16.8 Å². The number of para-hydroxylation sites is 1. The van der Waals surface area contributed by atoms with Crippen LogP contribution in [0.3, 0.4) is 0 Å². The number of aromatic nitrogens is 2. The molecule has 21 heavy (non-hydrogen) atoms. The molecule has 4 heteroatoms. The molecule has 0 unspecified atom stereocenters. The number of anilines is 1. The Morgan fingerprint density at radius 2 is 1.67 bits per heavy atom. The van der Waals surface area contributed by atoms with E-state index < -0.39 is 0 Å². The molecule has 0 aliphatic rings. The zero-order chi connectivity index (χ0) is 15.0. The van der Waals surface area contributed by atoms with Gasteiger partial charge >= 0.3 is 0 Å². The molecule has 0 atom stereocenters. The Morgan fingerprint density at radius 1 is 1.00 bits per heavy atom. The van der Waals surface area contributed by atoms with Crippen LogP contribution in [0.5, 0.6) is 0 Å². The molecule has 0 amide bonds. The summed E-state index contributed by atoms with van der Waals surface area (Å²) >= 11 is 0. The van der Waals surface area contributed by atoms with E-state index in [9.17, 15) is 4.39 Å². The molecule has 3 nitrogen and oxygen atoms in total. The van der Waals surface area contributed by atoms with Crippen LogP contribution in [-0.2, 0) is 0 Å². The van der Waals surface area contributed by atoms with Gasteiger partial charge in [0.2, 0.25) is 0 Å². The van der Waals surface area contributed by atoms with E-state index in [1.165, 1.54) is 12.1 Å². The quantitative estimate of drug-likeness (QED) is 0.774. The summed E-state index contributed by atoms with van der Waals surface area (Å²) in [6.07, 6.45) is 0. The molecule has 0 bridgehead atoms. The van der Waals surface area contributed by atoms with Gasteiger partial charge in [-0.15, -0.1) is 0 Å². The van der Waals surface area contributed by atoms with Crippen molar-refractivity contribution in [2.24, 2.45) is 0 Å². The second-order valence-electron chi connectivity index (χ2n) is 5.05. The first-order valence-electron chi connectivity index (χ1n) is 6.75. The normalized spacial score (nSPS) is 10.8. The topological polar surface area (TPSA) is 43.8 Å². The molecule has 2 N–H and O–H groups in total. The lowest BCUT2D eigenvalue weighted by Crippen LogP contribution is -2.03. The molecule has 0 aliphatic carbocycles. The molecule has 0 aliphatic heterocycles. The first-order chi connectivity index (χ1) is 10.1. The van der Waals surface area contributed by atoms with Gasteiger partial charge in [0.1, 0.15) is 11.6 Å². The van der Waals surface area contributed by atoms with Crippen LogP contribution in [0.25, 0.3) is 16.8 Å². The summed E-state index contributed by atoms with van der Waals surface area (Å²) in [5, 5.41) is 4.54. The molecular weight excluding hydrogens is 265 g/mol. The van der Waals surface area contributed by atoms with Crippen LogP contribution in [0.1, 0.15) is 11.3 Å². The van der Waals surface area contributed by atoms with Crippen LogP contribution < -0.4 is 5.73 Å². The van der Waals surface area contributed by atoms with E-state index in [4.69, 9.17) is 5.73 Å². The van der Waals surface area contributed by atoms with Crippen molar-refractivity contribution >= 4 is 5.82 Å². The van der Waals surface area contributed by atoms with Crippen molar-refractivity contribution in [1.82, 2.24) is 9.78 Å². The summed E-state index contributed by atoms with van der Waals surface area (Å²) in [4.78, 5) is 0. The Bertz CT molecular complexity index is 788. The lowest BCUT2D eigenvalue weighted by Gasteiger charge is -2.08. The summed E-state index contributed by atoms with van der Waals surface area (Å²) in [6.45, 7) is 3.92. The van der Waals surface area contributed by atoms with Crippen molar-refractivity contribution in [1.29, 1.82) is 0 Å². The Kier molecular flexibility index (Phi) is 3.22. The van der Waals surface area contributed by atoms with Crippen molar-refractivity contribution < 1.29 is 4.39 Å². The number of halogens is 1. The Hall–Kier alpha value is -2.62. The van der Waals surface area contributed by atoms with E-state index in [0.717, 1.165) is 28.1 Å². The molecule has 2 aromatic carbocycles. The smallest absolute Gasteiger partial charge is 0.135 e. The summed E-state index contributed by atoms with van der Waals surface area (Å²) < 4.78 is 14.8. The van der Waals surface area contributed by atoms with E-state index >= 15 is 0 Å². The van der Waals surface area contributed by atoms with Crippen LogP contribution in [-0.4, -0.2) is 9.78 Å². The summed E-state index contributed by atoms with van der Waals surface area (Å²) in [5.41, 5.74) is 10.9. The SMILES string of the molecule is Cc1ccccc1-n1nc(C)c(-c2ccc(F)cc2)c1N. The number of nitrogen functional groups attached to an aromatic ring is 1. The predicted molar refractivity (Wildman–Crippen MR) is 82.8 cm³/mol. The molecule has 0 fully saturated rings. The fraction of sp³-hybridized carbons (Fsp3) is 0.118. The first-order valence-corrected chi connectivity index (χ1v) is 6.75. The van der Waals surface area contributed by atoms with Crippen LogP contribution >= 0.6 is 0 Å². The minimum atomic E-state index is -0.263. The summed E-state index contributed by atoms with van der Waals surface area (Å²) in [5.74, 6) is 0.301. The largest absolute Gasteiger partial charge is 0.383 e. The van der Waals surface area contributed by atoms with E-state index in [1.807, 2.05) is 38.1 Å². The van der Waals surface area contributed by atoms with Crippen LogP contribution in [0, 0.1) is 19.7 Å². The minimum Gasteiger partial charge on any atom is -0.383 e. The standard InChI is InChI=1S/C17H16FN3/c1-11-5-3-4-6-15(11)21-17(19)16(12(2)20-21)13-7-9-14(18)10-8-13/h3-10H,19H2,1-2H3. The number of aryl methyl sites for hydroxylation is 2. The molecule has 106 valence electrons. The van der Waals surface area contributed by atoms with Crippen LogP contribution in [0.15, 0.2) is 48.5 Å². The molecule has 1 heterocycles. The third-order valence-corrected chi connectivity index (χ3v) is 3.57. The van der Waals surface area contributed by atoms with Gasteiger partial charge in [-0.1, -0.05) is 30.3 Å². The summed E-state index contributed by atoms with van der Waals surface area (Å²) in [7, 11) is 0. The zero-order valence-corrected chi connectivity index (χ0v) is 12.0. The monoisotopic (exact) mass is 281 g/mol. The van der Waals surface area contributed by atoms with Gasteiger partial charge in [-0.2, -0.15) is 5.10 Å². The summed E-state index contributed by atoms with van der Waals surface area (Å²) in [6, 6.07) is 14.2. The van der Waals surface area contributed by atoms with E-state index in [1.54, 1.807) is 16.8 Å². The molecule has 3 aromatic rings. The molecule has 1 aromatic heterocycles. The lowest BCUT2D eigenvalue weighted by atomic mass is 10.1. The van der Waals surface area contributed by atoms with Gasteiger partial charge in [-0.3, -0.25) is 0 Å². The highest BCUT2D eigenvalue weighted by atomic mass is 19.1. The van der Waals surface area contributed by atoms with Crippen molar-refractivity contribution in [3.05, 3.63) is 65.6 Å². The molecule has 0 radical (unpaired) electrons. The maximum atomic E-state index is 13.1. The van der Waals surface area contributed by atoms with E-state index in [2.05, 4.69) is 5.10 Å². The van der Waals surface area contributed by atoms with Gasteiger partial charge in [-0.05, 0) is 43.2 Å².